The van der Waals surface area contributed by atoms with Crippen molar-refractivity contribution in [3.63, 3.8) is 0 Å². The predicted octanol–water partition coefficient (Wildman–Crippen LogP) is 3.99. The van der Waals surface area contributed by atoms with Crippen LogP contribution in [0.1, 0.15) is 5.56 Å². The van der Waals surface area contributed by atoms with E-state index in [1.54, 1.807) is 6.07 Å². The monoisotopic (exact) mass is 292 g/mol. The lowest BCUT2D eigenvalue weighted by Crippen LogP contribution is -1.98. The van der Waals surface area contributed by atoms with Gasteiger partial charge in [0.05, 0.1) is 0 Å². The molecule has 0 bridgehead atoms. The molecule has 1 N–H and O–H groups in total. The van der Waals surface area contributed by atoms with Gasteiger partial charge < -0.3 is 14.2 Å². The lowest BCUT2D eigenvalue weighted by molar-refractivity contribution is 0.560. The standard InChI is InChI=1S/C17H12N2O3/c1-10-8-16(20)21-15-9-11(6-7-12(10)15)18-17-19-13-4-2-3-5-14(13)22-17/h2-9H,1H3,(H,18,19). The summed E-state index contributed by atoms with van der Waals surface area (Å²) >= 11 is 0. The van der Waals surface area contributed by atoms with Crippen LogP contribution < -0.4 is 10.9 Å². The molecule has 0 spiro atoms. The molecule has 22 heavy (non-hydrogen) atoms. The number of hydrogen-bond donors (Lipinski definition) is 1. The van der Waals surface area contributed by atoms with E-state index in [1.807, 2.05) is 43.3 Å². The molecule has 0 aliphatic carbocycles. The molecule has 0 saturated carbocycles. The molecule has 4 aromatic rings. The Bertz CT molecular complexity index is 1010. The van der Waals surface area contributed by atoms with Crippen LogP contribution in [-0.4, -0.2) is 4.98 Å². The topological polar surface area (TPSA) is 68.3 Å². The average molecular weight is 292 g/mol. The molecular formula is C17H12N2O3. The molecule has 2 heterocycles. The van der Waals surface area contributed by atoms with Crippen LogP contribution >= 0.6 is 0 Å². The Morgan fingerprint density at radius 3 is 2.73 bits per heavy atom. The summed E-state index contributed by atoms with van der Waals surface area (Å²) in [5.74, 6) is 0. The van der Waals surface area contributed by atoms with Crippen molar-refractivity contribution in [1.82, 2.24) is 4.98 Å². The molecular weight excluding hydrogens is 280 g/mol. The van der Waals surface area contributed by atoms with E-state index in [0.29, 0.717) is 17.2 Å². The normalized spacial score (nSPS) is 11.1. The molecule has 108 valence electrons. The second kappa shape index (κ2) is 4.73. The second-order valence-corrected chi connectivity index (χ2v) is 5.07. The first-order valence-electron chi connectivity index (χ1n) is 6.86. The Balaban J connectivity index is 1.76. The quantitative estimate of drug-likeness (QED) is 0.566. The van der Waals surface area contributed by atoms with Crippen LogP contribution in [0.2, 0.25) is 0 Å². The van der Waals surface area contributed by atoms with Crippen molar-refractivity contribution in [2.45, 2.75) is 6.92 Å². The fourth-order valence-electron chi connectivity index (χ4n) is 2.45. The van der Waals surface area contributed by atoms with Gasteiger partial charge in [-0.05, 0) is 36.8 Å². The van der Waals surface area contributed by atoms with Gasteiger partial charge in [-0.25, -0.2) is 4.79 Å². The van der Waals surface area contributed by atoms with Crippen LogP contribution in [0.25, 0.3) is 22.1 Å². The summed E-state index contributed by atoms with van der Waals surface area (Å²) in [6, 6.07) is 15.0. The van der Waals surface area contributed by atoms with Crippen LogP contribution in [0.5, 0.6) is 0 Å². The minimum atomic E-state index is -0.357. The van der Waals surface area contributed by atoms with Crippen molar-refractivity contribution < 1.29 is 8.83 Å². The zero-order valence-electron chi connectivity index (χ0n) is 11.8. The van der Waals surface area contributed by atoms with Crippen LogP contribution in [0, 0.1) is 6.92 Å². The molecule has 0 aliphatic heterocycles. The van der Waals surface area contributed by atoms with Crippen LogP contribution in [0.15, 0.2) is 62.2 Å². The smallest absolute Gasteiger partial charge is 0.336 e. The van der Waals surface area contributed by atoms with Gasteiger partial charge in [0.2, 0.25) is 0 Å². The Hall–Kier alpha value is -3.08. The number of fused-ring (bicyclic) bond motifs is 2. The van der Waals surface area contributed by atoms with Gasteiger partial charge in [-0.1, -0.05) is 12.1 Å². The highest BCUT2D eigenvalue weighted by atomic mass is 16.4. The van der Waals surface area contributed by atoms with Gasteiger partial charge >= 0.3 is 5.63 Å². The molecule has 2 aromatic carbocycles. The number of para-hydroxylation sites is 2. The Kier molecular flexibility index (Phi) is 2.72. The third-order valence-electron chi connectivity index (χ3n) is 3.50. The van der Waals surface area contributed by atoms with E-state index in [0.717, 1.165) is 22.2 Å². The zero-order chi connectivity index (χ0) is 15.1. The number of aromatic nitrogens is 1. The van der Waals surface area contributed by atoms with Crippen molar-refractivity contribution >= 4 is 33.8 Å². The van der Waals surface area contributed by atoms with Crippen molar-refractivity contribution in [3.8, 4) is 0 Å². The summed E-state index contributed by atoms with van der Waals surface area (Å²) in [5, 5.41) is 3.99. The van der Waals surface area contributed by atoms with Crippen LogP contribution in [-0.2, 0) is 0 Å². The average Bonchev–Trinajstić information content (AvgIpc) is 2.88. The summed E-state index contributed by atoms with van der Waals surface area (Å²) in [6.07, 6.45) is 0. The highest BCUT2D eigenvalue weighted by molar-refractivity contribution is 5.84. The first kappa shape index (κ1) is 12.6. The SMILES string of the molecule is Cc1cc(=O)oc2cc(Nc3nc4ccccc4o3)ccc12. The van der Waals surface area contributed by atoms with E-state index >= 15 is 0 Å². The number of anilines is 2. The molecule has 5 nitrogen and oxygen atoms in total. The van der Waals surface area contributed by atoms with E-state index in [4.69, 9.17) is 8.83 Å². The fraction of sp³-hybridized carbons (Fsp3) is 0.0588. The van der Waals surface area contributed by atoms with E-state index in [2.05, 4.69) is 10.3 Å². The van der Waals surface area contributed by atoms with Gasteiger partial charge in [0.1, 0.15) is 11.1 Å². The van der Waals surface area contributed by atoms with Gasteiger partial charge in [0.15, 0.2) is 5.58 Å². The lowest BCUT2D eigenvalue weighted by atomic mass is 10.1. The van der Waals surface area contributed by atoms with Gasteiger partial charge in [-0.3, -0.25) is 0 Å². The van der Waals surface area contributed by atoms with Gasteiger partial charge in [0.25, 0.3) is 6.01 Å². The van der Waals surface area contributed by atoms with E-state index < -0.39 is 0 Å². The first-order chi connectivity index (χ1) is 10.7. The minimum absolute atomic E-state index is 0.357. The number of rotatable bonds is 2. The zero-order valence-corrected chi connectivity index (χ0v) is 11.8. The van der Waals surface area contributed by atoms with Gasteiger partial charge in [0, 0.05) is 23.2 Å². The molecule has 0 atom stereocenters. The number of benzene rings is 2. The molecule has 0 amide bonds. The molecule has 0 aliphatic rings. The third kappa shape index (κ3) is 2.13. The van der Waals surface area contributed by atoms with E-state index in [-0.39, 0.29) is 5.63 Å². The molecule has 0 fully saturated rings. The van der Waals surface area contributed by atoms with Gasteiger partial charge in [-0.15, -0.1) is 0 Å². The number of oxazole rings is 1. The molecule has 5 heteroatoms. The number of aryl methyl sites for hydroxylation is 1. The van der Waals surface area contributed by atoms with E-state index in [1.165, 1.54) is 6.07 Å². The largest absolute Gasteiger partial charge is 0.423 e. The Labute approximate surface area is 125 Å². The van der Waals surface area contributed by atoms with Crippen LogP contribution in [0.4, 0.5) is 11.7 Å². The Morgan fingerprint density at radius 1 is 1.00 bits per heavy atom. The number of nitrogens with one attached hydrogen (secondary N) is 1. The highest BCUT2D eigenvalue weighted by Crippen LogP contribution is 2.25. The summed E-state index contributed by atoms with van der Waals surface area (Å²) in [6.45, 7) is 1.88. The molecule has 0 saturated heterocycles. The molecule has 2 aromatic heterocycles. The minimum Gasteiger partial charge on any atom is -0.423 e. The number of nitrogens with zero attached hydrogens (tertiary/aromatic N) is 1. The van der Waals surface area contributed by atoms with Crippen molar-refractivity contribution in [2.75, 3.05) is 5.32 Å². The summed E-state index contributed by atoms with van der Waals surface area (Å²) in [7, 11) is 0. The Morgan fingerprint density at radius 2 is 1.86 bits per heavy atom. The van der Waals surface area contributed by atoms with Gasteiger partial charge in [-0.2, -0.15) is 4.98 Å². The second-order valence-electron chi connectivity index (χ2n) is 5.07. The maximum Gasteiger partial charge on any atom is 0.336 e. The lowest BCUT2D eigenvalue weighted by Gasteiger charge is -2.04. The third-order valence-corrected chi connectivity index (χ3v) is 3.50. The number of hydrogen-bond acceptors (Lipinski definition) is 5. The molecule has 0 radical (unpaired) electrons. The molecule has 4 rings (SSSR count). The summed E-state index contributed by atoms with van der Waals surface area (Å²) < 4.78 is 10.9. The predicted molar refractivity (Wildman–Crippen MR) is 84.5 cm³/mol. The van der Waals surface area contributed by atoms with Crippen molar-refractivity contribution in [2.24, 2.45) is 0 Å². The first-order valence-corrected chi connectivity index (χ1v) is 6.86. The molecule has 0 unspecified atom stereocenters. The maximum atomic E-state index is 11.5. The highest BCUT2D eigenvalue weighted by Gasteiger charge is 2.07. The van der Waals surface area contributed by atoms with Crippen molar-refractivity contribution in [1.29, 1.82) is 0 Å². The van der Waals surface area contributed by atoms with E-state index in [9.17, 15) is 4.79 Å². The maximum absolute atomic E-state index is 11.5. The fourth-order valence-corrected chi connectivity index (χ4v) is 2.45. The van der Waals surface area contributed by atoms with Crippen LogP contribution in [0.3, 0.4) is 0 Å². The van der Waals surface area contributed by atoms with Crippen molar-refractivity contribution in [3.05, 3.63) is 64.5 Å². The summed E-state index contributed by atoms with van der Waals surface area (Å²) in [5.41, 5.74) is 3.31. The summed E-state index contributed by atoms with van der Waals surface area (Å²) in [4.78, 5) is 15.8.